The Morgan fingerprint density at radius 2 is 2.04 bits per heavy atom. The number of benzene rings is 1. The SMILES string of the molecule is COCCNC(=O)N1CC2=C(CN(Sc3ccc4occc4c3)C2)C1. The molecule has 0 aliphatic carbocycles. The Morgan fingerprint density at radius 3 is 2.80 bits per heavy atom. The van der Waals surface area contributed by atoms with Crippen LogP contribution in [0, 0.1) is 0 Å². The fourth-order valence-electron chi connectivity index (χ4n) is 3.28. The topological polar surface area (TPSA) is 58.0 Å². The molecule has 2 aliphatic rings. The van der Waals surface area contributed by atoms with E-state index in [0.29, 0.717) is 13.2 Å². The first-order valence-electron chi connectivity index (χ1n) is 8.34. The van der Waals surface area contributed by atoms with Gasteiger partial charge >= 0.3 is 6.03 Å². The summed E-state index contributed by atoms with van der Waals surface area (Å²) in [6, 6.07) is 8.25. The highest BCUT2D eigenvalue weighted by molar-refractivity contribution is 7.97. The Kier molecular flexibility index (Phi) is 4.70. The van der Waals surface area contributed by atoms with E-state index >= 15 is 0 Å². The quantitative estimate of drug-likeness (QED) is 0.505. The van der Waals surface area contributed by atoms with Crippen LogP contribution in [0.3, 0.4) is 0 Å². The lowest BCUT2D eigenvalue weighted by atomic mass is 10.2. The minimum atomic E-state index is -0.00365. The minimum Gasteiger partial charge on any atom is -0.464 e. The largest absolute Gasteiger partial charge is 0.464 e. The zero-order valence-corrected chi connectivity index (χ0v) is 15.0. The number of urea groups is 1. The molecule has 0 unspecified atom stereocenters. The molecule has 0 radical (unpaired) electrons. The highest BCUT2D eigenvalue weighted by atomic mass is 32.2. The van der Waals surface area contributed by atoms with Crippen molar-refractivity contribution in [1.82, 2.24) is 14.5 Å². The van der Waals surface area contributed by atoms with E-state index in [1.165, 1.54) is 16.0 Å². The van der Waals surface area contributed by atoms with E-state index in [1.807, 2.05) is 17.0 Å². The zero-order valence-electron chi connectivity index (χ0n) is 14.2. The molecular weight excluding hydrogens is 338 g/mol. The van der Waals surface area contributed by atoms with Crippen LogP contribution in [0.25, 0.3) is 11.0 Å². The van der Waals surface area contributed by atoms with Crippen molar-refractivity contribution < 1.29 is 13.9 Å². The first-order chi connectivity index (χ1) is 12.2. The van der Waals surface area contributed by atoms with Crippen LogP contribution < -0.4 is 5.32 Å². The van der Waals surface area contributed by atoms with E-state index in [1.54, 1.807) is 25.3 Å². The number of rotatable bonds is 5. The number of furan rings is 1. The smallest absolute Gasteiger partial charge is 0.318 e. The van der Waals surface area contributed by atoms with Crippen molar-refractivity contribution in [2.24, 2.45) is 0 Å². The summed E-state index contributed by atoms with van der Waals surface area (Å²) in [5, 5.41) is 4.02. The molecule has 0 saturated heterocycles. The average Bonchev–Trinajstić information content (AvgIpc) is 3.28. The van der Waals surface area contributed by atoms with E-state index in [-0.39, 0.29) is 6.03 Å². The number of nitrogens with one attached hydrogen (secondary N) is 1. The lowest BCUT2D eigenvalue weighted by Crippen LogP contribution is -2.41. The molecular formula is C18H21N3O3S. The minimum absolute atomic E-state index is 0.00365. The van der Waals surface area contributed by atoms with E-state index in [4.69, 9.17) is 9.15 Å². The summed E-state index contributed by atoms with van der Waals surface area (Å²) in [6.07, 6.45) is 1.72. The Labute approximate surface area is 150 Å². The molecule has 4 rings (SSSR count). The molecule has 25 heavy (non-hydrogen) atoms. The Balaban J connectivity index is 1.30. The number of ether oxygens (including phenoxy) is 1. The molecule has 2 amide bonds. The fraction of sp³-hybridized carbons (Fsp3) is 0.389. The average molecular weight is 359 g/mol. The molecule has 0 saturated carbocycles. The van der Waals surface area contributed by atoms with Gasteiger partial charge in [-0.25, -0.2) is 9.10 Å². The molecule has 3 heterocycles. The van der Waals surface area contributed by atoms with Gasteiger partial charge in [-0.1, -0.05) is 0 Å². The van der Waals surface area contributed by atoms with Gasteiger partial charge in [-0.2, -0.15) is 0 Å². The number of hydrogen-bond donors (Lipinski definition) is 1. The molecule has 6 nitrogen and oxygen atoms in total. The second-order valence-electron chi connectivity index (χ2n) is 6.30. The highest BCUT2D eigenvalue weighted by Crippen LogP contribution is 2.34. The van der Waals surface area contributed by atoms with Gasteiger partial charge in [0.1, 0.15) is 5.58 Å². The summed E-state index contributed by atoms with van der Waals surface area (Å²) in [4.78, 5) is 15.2. The molecule has 2 aliphatic heterocycles. The number of nitrogens with zero attached hydrogens (tertiary/aromatic N) is 2. The van der Waals surface area contributed by atoms with Crippen LogP contribution in [0.4, 0.5) is 4.79 Å². The van der Waals surface area contributed by atoms with Crippen LogP contribution in [0.5, 0.6) is 0 Å². The van der Waals surface area contributed by atoms with Gasteiger partial charge in [-0.05, 0) is 47.4 Å². The van der Waals surface area contributed by atoms with Crippen LogP contribution >= 0.6 is 11.9 Å². The van der Waals surface area contributed by atoms with Crippen molar-refractivity contribution in [3.8, 4) is 0 Å². The maximum absolute atomic E-state index is 12.1. The molecule has 0 fully saturated rings. The van der Waals surface area contributed by atoms with Crippen LogP contribution in [-0.4, -0.2) is 61.7 Å². The standard InChI is InChI=1S/C18H21N3O3S/c1-23-7-5-19-18(22)20-9-14-11-21(12-15(14)10-20)25-16-2-3-17-13(8-16)4-6-24-17/h2-4,6,8H,5,7,9-12H2,1H3,(H,19,22). The van der Waals surface area contributed by atoms with E-state index in [0.717, 1.165) is 37.1 Å². The number of amides is 2. The van der Waals surface area contributed by atoms with Crippen molar-refractivity contribution >= 4 is 28.9 Å². The highest BCUT2D eigenvalue weighted by Gasteiger charge is 2.32. The summed E-state index contributed by atoms with van der Waals surface area (Å²) in [5.41, 5.74) is 3.67. The van der Waals surface area contributed by atoms with Gasteiger partial charge in [-0.15, -0.1) is 0 Å². The first-order valence-corrected chi connectivity index (χ1v) is 9.12. The molecule has 0 spiro atoms. The van der Waals surface area contributed by atoms with Gasteiger partial charge in [-0.3, -0.25) is 0 Å². The van der Waals surface area contributed by atoms with Gasteiger partial charge in [0, 0.05) is 50.1 Å². The van der Waals surface area contributed by atoms with Crippen LogP contribution in [0.15, 0.2) is 51.0 Å². The van der Waals surface area contributed by atoms with Gasteiger partial charge in [0.25, 0.3) is 0 Å². The molecule has 132 valence electrons. The second kappa shape index (κ2) is 7.11. The number of fused-ring (bicyclic) bond motifs is 1. The Morgan fingerprint density at radius 1 is 1.24 bits per heavy atom. The Bertz CT molecular complexity index is 799. The van der Waals surface area contributed by atoms with E-state index < -0.39 is 0 Å². The molecule has 1 aromatic heterocycles. The van der Waals surface area contributed by atoms with Crippen LogP contribution in [-0.2, 0) is 4.74 Å². The van der Waals surface area contributed by atoms with Crippen molar-refractivity contribution in [3.05, 3.63) is 41.7 Å². The van der Waals surface area contributed by atoms with E-state index in [2.05, 4.69) is 21.8 Å². The second-order valence-corrected chi connectivity index (χ2v) is 7.47. The maximum Gasteiger partial charge on any atom is 0.318 e. The number of carbonyl (C=O) groups is 1. The third-order valence-corrected chi connectivity index (χ3v) is 5.51. The summed E-state index contributed by atoms with van der Waals surface area (Å²) in [6.45, 7) is 4.36. The predicted octanol–water partition coefficient (Wildman–Crippen LogP) is 2.72. The molecule has 7 heteroatoms. The van der Waals surface area contributed by atoms with Gasteiger partial charge in [0.15, 0.2) is 0 Å². The fourth-order valence-corrected chi connectivity index (χ4v) is 4.32. The molecule has 2 aromatic rings. The summed E-state index contributed by atoms with van der Waals surface area (Å²) < 4.78 is 12.7. The van der Waals surface area contributed by atoms with Crippen molar-refractivity contribution in [2.45, 2.75) is 4.90 Å². The Hall–Kier alpha value is -1.96. The van der Waals surface area contributed by atoms with Crippen molar-refractivity contribution in [3.63, 3.8) is 0 Å². The van der Waals surface area contributed by atoms with E-state index in [9.17, 15) is 4.79 Å². The van der Waals surface area contributed by atoms with Crippen LogP contribution in [0.2, 0.25) is 0 Å². The van der Waals surface area contributed by atoms with Crippen molar-refractivity contribution in [2.75, 3.05) is 46.4 Å². The molecule has 1 aromatic carbocycles. The van der Waals surface area contributed by atoms with Gasteiger partial charge in [0.2, 0.25) is 0 Å². The molecule has 0 bridgehead atoms. The normalized spacial score (nSPS) is 17.6. The third-order valence-electron chi connectivity index (χ3n) is 4.53. The summed E-state index contributed by atoms with van der Waals surface area (Å²) in [5.74, 6) is 0. The summed E-state index contributed by atoms with van der Waals surface area (Å²) in [7, 11) is 1.63. The van der Waals surface area contributed by atoms with Gasteiger partial charge < -0.3 is 19.4 Å². The first kappa shape index (κ1) is 16.5. The number of hydrogen-bond acceptors (Lipinski definition) is 5. The van der Waals surface area contributed by atoms with Gasteiger partial charge in [0.05, 0.1) is 12.9 Å². The summed E-state index contributed by atoms with van der Waals surface area (Å²) >= 11 is 1.77. The lowest BCUT2D eigenvalue weighted by Gasteiger charge is -2.22. The third kappa shape index (κ3) is 3.53. The zero-order chi connectivity index (χ0) is 17.2. The lowest BCUT2D eigenvalue weighted by molar-refractivity contribution is 0.185. The van der Waals surface area contributed by atoms with Crippen LogP contribution in [0.1, 0.15) is 0 Å². The maximum atomic E-state index is 12.1. The monoisotopic (exact) mass is 359 g/mol. The number of methoxy groups -OCH3 is 1. The molecule has 1 N–H and O–H groups in total. The molecule has 0 atom stereocenters. The van der Waals surface area contributed by atoms with Crippen molar-refractivity contribution in [1.29, 1.82) is 0 Å². The predicted molar refractivity (Wildman–Crippen MR) is 97.5 cm³/mol. The number of carbonyl (C=O) groups excluding carboxylic acids is 1.